The summed E-state index contributed by atoms with van der Waals surface area (Å²) in [7, 11) is 0. The Morgan fingerprint density at radius 3 is 3.00 bits per heavy atom. The second kappa shape index (κ2) is 7.47. The molecule has 24 heavy (non-hydrogen) atoms. The summed E-state index contributed by atoms with van der Waals surface area (Å²) in [6.07, 6.45) is 8.62. The van der Waals surface area contributed by atoms with E-state index in [0.29, 0.717) is 0 Å². The summed E-state index contributed by atoms with van der Waals surface area (Å²) in [5, 5.41) is 1.24. The van der Waals surface area contributed by atoms with Crippen LogP contribution < -0.4 is 0 Å². The van der Waals surface area contributed by atoms with Crippen LogP contribution in [-0.2, 0) is 4.74 Å². The minimum Gasteiger partial charge on any atom is -0.380 e. The summed E-state index contributed by atoms with van der Waals surface area (Å²) >= 11 is 0. The first-order valence-corrected chi connectivity index (χ1v) is 9.04. The van der Waals surface area contributed by atoms with Gasteiger partial charge in [-0.1, -0.05) is 6.08 Å². The van der Waals surface area contributed by atoms with Gasteiger partial charge in [-0.25, -0.2) is 4.98 Å². The third-order valence-electron chi connectivity index (χ3n) is 5.14. The van der Waals surface area contributed by atoms with E-state index in [4.69, 9.17) is 4.74 Å². The number of hydrogen-bond acceptors (Lipinski definition) is 4. The van der Waals surface area contributed by atoms with E-state index in [0.717, 1.165) is 58.0 Å². The summed E-state index contributed by atoms with van der Waals surface area (Å²) in [4.78, 5) is 12.8. The van der Waals surface area contributed by atoms with Crippen LogP contribution in [0.2, 0.25) is 0 Å². The molecule has 4 rings (SSSR count). The average molecular weight is 326 g/mol. The van der Waals surface area contributed by atoms with Crippen LogP contribution >= 0.6 is 0 Å². The van der Waals surface area contributed by atoms with Gasteiger partial charge in [-0.05, 0) is 30.5 Å². The van der Waals surface area contributed by atoms with Gasteiger partial charge in [0, 0.05) is 69.2 Å². The zero-order valence-corrected chi connectivity index (χ0v) is 14.2. The van der Waals surface area contributed by atoms with Crippen molar-refractivity contribution in [3.05, 3.63) is 36.2 Å². The molecule has 5 heteroatoms. The number of rotatable bonds is 4. The molecular weight excluding hydrogens is 300 g/mol. The average Bonchev–Trinajstić information content (AvgIpc) is 2.88. The van der Waals surface area contributed by atoms with Crippen molar-refractivity contribution >= 4 is 16.6 Å². The van der Waals surface area contributed by atoms with Crippen molar-refractivity contribution in [1.82, 2.24) is 19.8 Å². The highest BCUT2D eigenvalue weighted by molar-refractivity contribution is 5.90. The number of hydrogen-bond donors (Lipinski definition) is 1. The second-order valence-electron chi connectivity index (χ2n) is 6.69. The van der Waals surface area contributed by atoms with E-state index >= 15 is 0 Å². The summed E-state index contributed by atoms with van der Waals surface area (Å²) in [6.45, 7) is 8.57. The maximum atomic E-state index is 5.53. The Kier molecular flexibility index (Phi) is 4.92. The summed E-state index contributed by atoms with van der Waals surface area (Å²) in [6, 6.07) is 4.17. The van der Waals surface area contributed by atoms with Gasteiger partial charge in [-0.15, -0.1) is 0 Å². The molecule has 0 aliphatic carbocycles. The van der Waals surface area contributed by atoms with Crippen LogP contribution in [0.4, 0.5) is 0 Å². The number of ether oxygens (including phenoxy) is 1. The Bertz CT molecular complexity index is 700. The van der Waals surface area contributed by atoms with Gasteiger partial charge in [0.05, 0.1) is 6.61 Å². The van der Waals surface area contributed by atoms with Gasteiger partial charge >= 0.3 is 0 Å². The monoisotopic (exact) mass is 326 g/mol. The number of aromatic nitrogens is 2. The fraction of sp³-hybridized carbons (Fsp3) is 0.526. The van der Waals surface area contributed by atoms with E-state index in [1.807, 2.05) is 12.3 Å². The molecule has 0 radical (unpaired) electrons. The van der Waals surface area contributed by atoms with Gasteiger partial charge in [0.1, 0.15) is 5.65 Å². The molecule has 0 bridgehead atoms. The highest BCUT2D eigenvalue weighted by Gasteiger charge is 2.17. The predicted octanol–water partition coefficient (Wildman–Crippen LogP) is 2.37. The Labute approximate surface area is 143 Å². The van der Waals surface area contributed by atoms with Crippen LogP contribution in [0.5, 0.6) is 0 Å². The zero-order valence-electron chi connectivity index (χ0n) is 14.2. The molecule has 0 aromatic carbocycles. The van der Waals surface area contributed by atoms with Crippen molar-refractivity contribution in [3.8, 4) is 0 Å². The molecule has 2 aromatic heterocycles. The Balaban J connectivity index is 1.35. The second-order valence-corrected chi connectivity index (χ2v) is 6.69. The van der Waals surface area contributed by atoms with E-state index < -0.39 is 0 Å². The first-order valence-electron chi connectivity index (χ1n) is 9.04. The van der Waals surface area contributed by atoms with Crippen LogP contribution in [0.3, 0.4) is 0 Å². The Morgan fingerprint density at radius 2 is 2.08 bits per heavy atom. The SMILES string of the molecule is C1=C(c2c[nH]c3ncccc23)CCN(CCN2CCCOCC2)C1. The summed E-state index contributed by atoms with van der Waals surface area (Å²) < 4.78 is 5.53. The van der Waals surface area contributed by atoms with E-state index in [2.05, 4.69) is 38.1 Å². The van der Waals surface area contributed by atoms with Crippen LogP contribution in [0, 0.1) is 0 Å². The van der Waals surface area contributed by atoms with E-state index in [9.17, 15) is 0 Å². The van der Waals surface area contributed by atoms with Crippen molar-refractivity contribution in [2.24, 2.45) is 0 Å². The minimum absolute atomic E-state index is 0.888. The zero-order chi connectivity index (χ0) is 16.2. The van der Waals surface area contributed by atoms with Crippen LogP contribution in [0.15, 0.2) is 30.6 Å². The van der Waals surface area contributed by atoms with Gasteiger partial charge in [-0.3, -0.25) is 9.80 Å². The maximum Gasteiger partial charge on any atom is 0.137 e. The standard InChI is InChI=1S/C19H26N4O/c1-3-17-18(15-21-19(17)20-6-1)16-4-8-23(9-5-16)11-10-22-7-2-13-24-14-12-22/h1,3-4,6,15H,2,5,7-14H2,(H,20,21). The fourth-order valence-electron chi connectivity index (χ4n) is 3.68. The van der Waals surface area contributed by atoms with Crippen molar-refractivity contribution in [2.45, 2.75) is 12.8 Å². The lowest BCUT2D eigenvalue weighted by molar-refractivity contribution is 0.138. The molecule has 2 aromatic rings. The smallest absolute Gasteiger partial charge is 0.137 e. The van der Waals surface area contributed by atoms with Crippen molar-refractivity contribution in [1.29, 1.82) is 0 Å². The number of aromatic amines is 1. The molecule has 0 atom stereocenters. The molecule has 5 nitrogen and oxygen atoms in total. The molecule has 2 aliphatic rings. The lowest BCUT2D eigenvalue weighted by Crippen LogP contribution is -2.38. The Morgan fingerprint density at radius 1 is 1.12 bits per heavy atom. The van der Waals surface area contributed by atoms with E-state index in [1.165, 1.54) is 29.5 Å². The molecule has 0 unspecified atom stereocenters. The maximum absolute atomic E-state index is 5.53. The normalized spacial score (nSPS) is 20.9. The topological polar surface area (TPSA) is 44.4 Å². The van der Waals surface area contributed by atoms with Crippen molar-refractivity contribution in [3.63, 3.8) is 0 Å². The number of pyridine rings is 1. The first-order chi connectivity index (χ1) is 11.9. The fourth-order valence-corrected chi connectivity index (χ4v) is 3.68. The third-order valence-corrected chi connectivity index (χ3v) is 5.14. The molecular formula is C19H26N4O. The third kappa shape index (κ3) is 3.53. The van der Waals surface area contributed by atoms with E-state index in [1.54, 1.807) is 0 Å². The molecule has 1 fully saturated rings. The predicted molar refractivity (Wildman–Crippen MR) is 97.0 cm³/mol. The van der Waals surface area contributed by atoms with Crippen LogP contribution in [0.1, 0.15) is 18.4 Å². The Hall–Kier alpha value is -1.69. The van der Waals surface area contributed by atoms with Crippen LogP contribution in [-0.4, -0.2) is 72.3 Å². The highest BCUT2D eigenvalue weighted by atomic mass is 16.5. The van der Waals surface area contributed by atoms with Gasteiger partial charge in [0.2, 0.25) is 0 Å². The number of H-pyrrole nitrogens is 1. The summed E-state index contributed by atoms with van der Waals surface area (Å²) in [5.41, 5.74) is 3.76. The number of nitrogens with one attached hydrogen (secondary N) is 1. The lowest BCUT2D eigenvalue weighted by Gasteiger charge is -2.29. The molecule has 4 heterocycles. The lowest BCUT2D eigenvalue weighted by atomic mass is 9.99. The largest absolute Gasteiger partial charge is 0.380 e. The van der Waals surface area contributed by atoms with Gasteiger partial charge in [0.25, 0.3) is 0 Å². The molecule has 0 saturated carbocycles. The molecule has 2 aliphatic heterocycles. The van der Waals surface area contributed by atoms with Crippen molar-refractivity contribution < 1.29 is 4.74 Å². The molecule has 0 amide bonds. The van der Waals surface area contributed by atoms with Gasteiger partial charge < -0.3 is 9.72 Å². The molecule has 0 spiro atoms. The number of fused-ring (bicyclic) bond motifs is 1. The summed E-state index contributed by atoms with van der Waals surface area (Å²) in [5.74, 6) is 0. The quantitative estimate of drug-likeness (QED) is 0.937. The minimum atomic E-state index is 0.888. The molecule has 1 N–H and O–H groups in total. The van der Waals surface area contributed by atoms with Crippen LogP contribution in [0.25, 0.3) is 16.6 Å². The number of nitrogens with zero attached hydrogens (tertiary/aromatic N) is 3. The molecule has 1 saturated heterocycles. The first kappa shape index (κ1) is 15.8. The van der Waals surface area contributed by atoms with E-state index in [-0.39, 0.29) is 0 Å². The molecule has 128 valence electrons. The van der Waals surface area contributed by atoms with Gasteiger partial charge in [0.15, 0.2) is 0 Å². The van der Waals surface area contributed by atoms with Crippen molar-refractivity contribution in [2.75, 3.05) is 52.5 Å². The highest BCUT2D eigenvalue weighted by Crippen LogP contribution is 2.28. The van der Waals surface area contributed by atoms with Gasteiger partial charge in [-0.2, -0.15) is 0 Å².